The lowest BCUT2D eigenvalue weighted by molar-refractivity contribution is 0.792. The maximum atomic E-state index is 4.43. The molecule has 94 valence electrons. The van der Waals surface area contributed by atoms with Gasteiger partial charge < -0.3 is 10.2 Å². The minimum Gasteiger partial charge on any atom is -0.357 e. The number of nitrogens with zero attached hydrogens (tertiary/aromatic N) is 4. The SMILES string of the molecule is CCN(Cc1ccccn1)c1ccnc(NC)n1. The Bertz CT molecular complexity index is 486. The Balaban J connectivity index is 2.17. The molecule has 0 bridgehead atoms. The molecule has 0 aliphatic carbocycles. The van der Waals surface area contributed by atoms with Crippen LogP contribution in [0.25, 0.3) is 0 Å². The Morgan fingerprint density at radius 2 is 2.06 bits per heavy atom. The molecule has 0 saturated heterocycles. The minimum absolute atomic E-state index is 0.631. The molecule has 0 aliphatic rings. The van der Waals surface area contributed by atoms with Gasteiger partial charge in [0.1, 0.15) is 5.82 Å². The Hall–Kier alpha value is -2.17. The predicted molar refractivity (Wildman–Crippen MR) is 72.5 cm³/mol. The van der Waals surface area contributed by atoms with Crippen molar-refractivity contribution in [2.45, 2.75) is 13.5 Å². The first-order valence-corrected chi connectivity index (χ1v) is 5.99. The summed E-state index contributed by atoms with van der Waals surface area (Å²) in [5.41, 5.74) is 1.03. The first kappa shape index (κ1) is 12.3. The topological polar surface area (TPSA) is 53.9 Å². The van der Waals surface area contributed by atoms with E-state index in [1.54, 1.807) is 6.20 Å². The molecule has 1 N–H and O–H groups in total. The van der Waals surface area contributed by atoms with Gasteiger partial charge in [0.05, 0.1) is 12.2 Å². The number of aromatic nitrogens is 3. The smallest absolute Gasteiger partial charge is 0.224 e. The van der Waals surface area contributed by atoms with Crippen LogP contribution >= 0.6 is 0 Å². The van der Waals surface area contributed by atoms with Crippen LogP contribution in [0.1, 0.15) is 12.6 Å². The van der Waals surface area contributed by atoms with Crippen LogP contribution in [0.2, 0.25) is 0 Å². The highest BCUT2D eigenvalue weighted by Crippen LogP contribution is 2.14. The van der Waals surface area contributed by atoms with Crippen molar-refractivity contribution in [3.8, 4) is 0 Å². The molecule has 2 heterocycles. The maximum absolute atomic E-state index is 4.43. The summed E-state index contributed by atoms with van der Waals surface area (Å²) in [6.45, 7) is 3.72. The molecule has 2 aromatic heterocycles. The molecule has 0 saturated carbocycles. The summed E-state index contributed by atoms with van der Waals surface area (Å²) in [4.78, 5) is 15.0. The Labute approximate surface area is 107 Å². The van der Waals surface area contributed by atoms with E-state index in [9.17, 15) is 0 Å². The molecular weight excluding hydrogens is 226 g/mol. The van der Waals surface area contributed by atoms with Crippen molar-refractivity contribution in [1.29, 1.82) is 0 Å². The third kappa shape index (κ3) is 2.94. The molecule has 2 rings (SSSR count). The highest BCUT2D eigenvalue weighted by Gasteiger charge is 2.08. The van der Waals surface area contributed by atoms with Gasteiger partial charge in [0, 0.05) is 26.0 Å². The lowest BCUT2D eigenvalue weighted by atomic mass is 10.3. The summed E-state index contributed by atoms with van der Waals surface area (Å²) >= 11 is 0. The first-order chi connectivity index (χ1) is 8.83. The van der Waals surface area contributed by atoms with Gasteiger partial charge in [0.25, 0.3) is 0 Å². The molecule has 0 spiro atoms. The largest absolute Gasteiger partial charge is 0.357 e. The van der Waals surface area contributed by atoms with Crippen molar-refractivity contribution in [1.82, 2.24) is 15.0 Å². The standard InChI is InChI=1S/C13H17N5/c1-3-18(10-11-6-4-5-8-15-11)12-7-9-16-13(14-2)17-12/h4-9H,3,10H2,1-2H3,(H,14,16,17). The zero-order valence-electron chi connectivity index (χ0n) is 10.7. The van der Waals surface area contributed by atoms with E-state index in [0.29, 0.717) is 5.95 Å². The third-order valence-electron chi connectivity index (χ3n) is 2.65. The molecule has 5 nitrogen and oxygen atoms in total. The van der Waals surface area contributed by atoms with Gasteiger partial charge in [-0.25, -0.2) is 4.98 Å². The highest BCUT2D eigenvalue weighted by molar-refractivity contribution is 5.42. The normalized spacial score (nSPS) is 10.1. The second-order valence-corrected chi connectivity index (χ2v) is 3.82. The van der Waals surface area contributed by atoms with E-state index in [0.717, 1.165) is 24.6 Å². The third-order valence-corrected chi connectivity index (χ3v) is 2.65. The monoisotopic (exact) mass is 243 g/mol. The molecule has 5 heteroatoms. The molecule has 0 atom stereocenters. The zero-order valence-corrected chi connectivity index (χ0v) is 10.7. The van der Waals surface area contributed by atoms with Crippen LogP contribution in [-0.2, 0) is 6.54 Å². The average molecular weight is 243 g/mol. The minimum atomic E-state index is 0.631. The first-order valence-electron chi connectivity index (χ1n) is 5.99. The molecule has 0 aromatic carbocycles. The number of hydrogen-bond donors (Lipinski definition) is 1. The number of hydrogen-bond acceptors (Lipinski definition) is 5. The van der Waals surface area contributed by atoms with E-state index < -0.39 is 0 Å². The number of anilines is 2. The summed E-state index contributed by atoms with van der Waals surface area (Å²) in [6, 6.07) is 7.84. The molecule has 0 unspecified atom stereocenters. The van der Waals surface area contributed by atoms with Crippen LogP contribution in [-0.4, -0.2) is 28.5 Å². The molecule has 0 amide bonds. The van der Waals surface area contributed by atoms with Crippen LogP contribution in [0.15, 0.2) is 36.7 Å². The quantitative estimate of drug-likeness (QED) is 0.869. The van der Waals surface area contributed by atoms with Crippen LogP contribution in [0.4, 0.5) is 11.8 Å². The Morgan fingerprint density at radius 1 is 1.17 bits per heavy atom. The molecule has 0 aliphatic heterocycles. The second-order valence-electron chi connectivity index (χ2n) is 3.82. The summed E-state index contributed by atoms with van der Waals surface area (Å²) < 4.78 is 0. The van der Waals surface area contributed by atoms with Crippen LogP contribution in [0.3, 0.4) is 0 Å². The van der Waals surface area contributed by atoms with Gasteiger partial charge in [-0.15, -0.1) is 0 Å². The molecular formula is C13H17N5. The van der Waals surface area contributed by atoms with Gasteiger partial charge in [-0.1, -0.05) is 6.07 Å². The van der Waals surface area contributed by atoms with E-state index in [2.05, 4.69) is 32.1 Å². The van der Waals surface area contributed by atoms with Gasteiger partial charge in [-0.2, -0.15) is 4.98 Å². The van der Waals surface area contributed by atoms with E-state index in [1.165, 1.54) is 0 Å². The van der Waals surface area contributed by atoms with E-state index in [-0.39, 0.29) is 0 Å². The Kier molecular flexibility index (Phi) is 4.06. The van der Waals surface area contributed by atoms with Gasteiger partial charge in [-0.3, -0.25) is 4.98 Å². The zero-order chi connectivity index (χ0) is 12.8. The van der Waals surface area contributed by atoms with Crippen LogP contribution in [0, 0.1) is 0 Å². The fraction of sp³-hybridized carbons (Fsp3) is 0.308. The van der Waals surface area contributed by atoms with Crippen molar-refractivity contribution in [3.05, 3.63) is 42.4 Å². The lowest BCUT2D eigenvalue weighted by Crippen LogP contribution is -2.24. The lowest BCUT2D eigenvalue weighted by Gasteiger charge is -2.21. The Morgan fingerprint density at radius 3 is 2.72 bits per heavy atom. The number of pyridine rings is 1. The maximum Gasteiger partial charge on any atom is 0.224 e. The summed E-state index contributed by atoms with van der Waals surface area (Å²) in [7, 11) is 1.81. The summed E-state index contributed by atoms with van der Waals surface area (Å²) in [5, 5.41) is 2.95. The van der Waals surface area contributed by atoms with Crippen LogP contribution in [0.5, 0.6) is 0 Å². The fourth-order valence-corrected chi connectivity index (χ4v) is 1.69. The van der Waals surface area contributed by atoms with Crippen molar-refractivity contribution in [2.24, 2.45) is 0 Å². The molecule has 2 aromatic rings. The average Bonchev–Trinajstić information content (AvgIpc) is 2.46. The van der Waals surface area contributed by atoms with Crippen molar-refractivity contribution in [3.63, 3.8) is 0 Å². The van der Waals surface area contributed by atoms with Crippen molar-refractivity contribution in [2.75, 3.05) is 23.8 Å². The number of rotatable bonds is 5. The highest BCUT2D eigenvalue weighted by atomic mass is 15.2. The van der Waals surface area contributed by atoms with Crippen molar-refractivity contribution >= 4 is 11.8 Å². The molecule has 18 heavy (non-hydrogen) atoms. The number of nitrogens with one attached hydrogen (secondary N) is 1. The molecule has 0 radical (unpaired) electrons. The van der Waals surface area contributed by atoms with Crippen LogP contribution < -0.4 is 10.2 Å². The second kappa shape index (κ2) is 5.95. The van der Waals surface area contributed by atoms with E-state index >= 15 is 0 Å². The molecule has 0 fully saturated rings. The van der Waals surface area contributed by atoms with Gasteiger partial charge in [-0.05, 0) is 25.1 Å². The predicted octanol–water partition coefficient (Wildman–Crippen LogP) is 1.94. The summed E-state index contributed by atoms with van der Waals surface area (Å²) in [5.74, 6) is 1.54. The fourth-order valence-electron chi connectivity index (χ4n) is 1.69. The van der Waals surface area contributed by atoms with Gasteiger partial charge in [0.15, 0.2) is 0 Å². The van der Waals surface area contributed by atoms with E-state index in [4.69, 9.17) is 0 Å². The summed E-state index contributed by atoms with van der Waals surface area (Å²) in [6.07, 6.45) is 3.57. The van der Waals surface area contributed by atoms with Gasteiger partial charge in [0.2, 0.25) is 5.95 Å². The van der Waals surface area contributed by atoms with Crippen molar-refractivity contribution < 1.29 is 0 Å². The van der Waals surface area contributed by atoms with Gasteiger partial charge >= 0.3 is 0 Å². The van der Waals surface area contributed by atoms with E-state index in [1.807, 2.05) is 37.5 Å².